The number of aldehydes is 1. The Morgan fingerprint density at radius 1 is 0.648 bits per heavy atom. The quantitative estimate of drug-likeness (QED) is 0.139. The van der Waals surface area contributed by atoms with Gasteiger partial charge < -0.3 is 42.7 Å². The molecule has 0 aliphatic carbocycles. The lowest BCUT2D eigenvalue weighted by molar-refractivity contribution is -0.145. The Hall–Kier alpha value is -2.99. The molecule has 9 nitrogen and oxygen atoms in total. The molecule has 2 aromatic carbocycles. The van der Waals surface area contributed by atoms with E-state index in [1.54, 1.807) is 0 Å². The standard InChI is InChI=1S/C21H30O4.C20H28O5.2C2H4/c1-5-9-18-15(2)20(22-13-16-10-7-6-8-11-16)19(24-18)12-17-14-23-21(3,4)25-17;1-14-17(9-10-21)24-18(11-16-13-23-20(2,3)25-16)19(14)22-12-15-7-5-4-6-8-15;2*1-2/h5-8,10-11,15,17-20H,1,9,12-14H2,2-4H3;4-8,10,14,16-19H,9,11-13H2,1-3H3;2*1-2H2/t15-,17?,18-,19+,20+;14-,16?,17-,18+,19+;;/m00../s1. The van der Waals surface area contributed by atoms with Gasteiger partial charge in [-0.05, 0) is 45.2 Å². The number of rotatable bonds is 14. The second-order valence-electron chi connectivity index (χ2n) is 15.0. The lowest BCUT2D eigenvalue weighted by atomic mass is 9.94. The Balaban J connectivity index is 0.000000266. The Bertz CT molecular complexity index is 1250. The van der Waals surface area contributed by atoms with E-state index in [-0.39, 0.29) is 54.7 Å². The number of hydrogen-bond acceptors (Lipinski definition) is 9. The minimum atomic E-state index is -0.544. The van der Waals surface area contributed by atoms with Gasteiger partial charge in [-0.25, -0.2) is 0 Å². The molecule has 0 saturated carbocycles. The highest BCUT2D eigenvalue weighted by atomic mass is 16.7. The summed E-state index contributed by atoms with van der Waals surface area (Å²) in [6.07, 6.45) is 5.62. The van der Waals surface area contributed by atoms with E-state index in [2.05, 4.69) is 71.0 Å². The average Bonchev–Trinajstić information content (AvgIpc) is 3.88. The van der Waals surface area contributed by atoms with E-state index in [1.165, 1.54) is 5.56 Å². The van der Waals surface area contributed by atoms with E-state index in [0.29, 0.717) is 45.2 Å². The van der Waals surface area contributed by atoms with Crippen LogP contribution in [-0.4, -0.2) is 79.9 Å². The van der Waals surface area contributed by atoms with E-state index in [4.69, 9.17) is 37.9 Å². The van der Waals surface area contributed by atoms with Crippen molar-refractivity contribution in [1.29, 1.82) is 0 Å². The molecule has 0 amide bonds. The highest BCUT2D eigenvalue weighted by Crippen LogP contribution is 2.38. The number of hydrogen-bond donors (Lipinski definition) is 0. The molecule has 0 N–H and O–H groups in total. The van der Waals surface area contributed by atoms with Gasteiger partial charge in [0.1, 0.15) is 6.29 Å². The molecule has 0 aromatic heterocycles. The van der Waals surface area contributed by atoms with E-state index < -0.39 is 11.6 Å². The first-order chi connectivity index (χ1) is 26.0. The van der Waals surface area contributed by atoms with Gasteiger partial charge >= 0.3 is 0 Å². The summed E-state index contributed by atoms with van der Waals surface area (Å²) in [5.74, 6) is -0.566. The van der Waals surface area contributed by atoms with Crippen LogP contribution >= 0.6 is 0 Å². The van der Waals surface area contributed by atoms with Crippen LogP contribution in [0.25, 0.3) is 0 Å². The van der Waals surface area contributed by atoms with E-state index >= 15 is 0 Å². The van der Waals surface area contributed by atoms with Crippen LogP contribution in [0.5, 0.6) is 0 Å². The van der Waals surface area contributed by atoms with Crippen LogP contribution in [0.3, 0.4) is 0 Å². The van der Waals surface area contributed by atoms with Gasteiger partial charge in [0.05, 0.1) is 75.3 Å². The molecular weight excluding hydrogens is 684 g/mol. The number of ether oxygens (including phenoxy) is 8. The van der Waals surface area contributed by atoms with Crippen molar-refractivity contribution >= 4 is 6.29 Å². The van der Waals surface area contributed by atoms with Gasteiger partial charge in [-0.1, -0.05) is 80.6 Å². The Morgan fingerprint density at radius 2 is 1.04 bits per heavy atom. The Kier molecular flexibility index (Phi) is 18.9. The number of benzene rings is 2. The average molecular weight is 751 g/mol. The van der Waals surface area contributed by atoms with Crippen LogP contribution in [0, 0.1) is 11.8 Å². The van der Waals surface area contributed by atoms with Gasteiger partial charge in [-0.3, -0.25) is 0 Å². The minimum absolute atomic E-state index is 0.00925. The maximum Gasteiger partial charge on any atom is 0.163 e. The first-order valence-electron chi connectivity index (χ1n) is 19.3. The van der Waals surface area contributed by atoms with Crippen LogP contribution < -0.4 is 0 Å². The highest BCUT2D eigenvalue weighted by molar-refractivity contribution is 5.50. The fourth-order valence-electron chi connectivity index (χ4n) is 7.46. The molecule has 300 valence electrons. The zero-order chi connectivity index (χ0) is 39.7. The third-order valence-electron chi connectivity index (χ3n) is 10.1. The topological polar surface area (TPSA) is 90.9 Å². The van der Waals surface area contributed by atoms with E-state index in [9.17, 15) is 4.79 Å². The summed E-state index contributed by atoms with van der Waals surface area (Å²) in [4.78, 5) is 11.0. The fraction of sp³-hybridized carbons (Fsp3) is 0.578. The second kappa shape index (κ2) is 22.5. The third-order valence-corrected chi connectivity index (χ3v) is 10.1. The molecule has 4 aliphatic rings. The highest BCUT2D eigenvalue weighted by Gasteiger charge is 2.46. The van der Waals surface area contributed by atoms with Crippen LogP contribution in [0.4, 0.5) is 0 Å². The summed E-state index contributed by atoms with van der Waals surface area (Å²) < 4.78 is 48.2. The first-order valence-corrected chi connectivity index (χ1v) is 19.3. The third kappa shape index (κ3) is 13.6. The van der Waals surface area contributed by atoms with Crippen LogP contribution in [-0.2, 0) is 55.9 Å². The van der Waals surface area contributed by atoms with Crippen molar-refractivity contribution in [3.8, 4) is 0 Å². The zero-order valence-electron chi connectivity index (χ0n) is 33.6. The van der Waals surface area contributed by atoms with Gasteiger partial charge in [0.15, 0.2) is 11.6 Å². The fourth-order valence-corrected chi connectivity index (χ4v) is 7.46. The molecule has 0 spiro atoms. The smallest absolute Gasteiger partial charge is 0.163 e. The van der Waals surface area contributed by atoms with Gasteiger partial charge in [0, 0.05) is 31.1 Å². The molecular formula is C45H66O9. The minimum Gasteiger partial charge on any atom is -0.371 e. The van der Waals surface area contributed by atoms with Gasteiger partial charge in [-0.15, -0.1) is 32.9 Å². The van der Waals surface area contributed by atoms with Gasteiger partial charge in [0.25, 0.3) is 0 Å². The summed E-state index contributed by atoms with van der Waals surface area (Å²) >= 11 is 0. The normalized spacial score (nSPS) is 31.9. The summed E-state index contributed by atoms with van der Waals surface area (Å²) in [5, 5.41) is 0. The molecule has 2 unspecified atom stereocenters. The number of carbonyl (C=O) groups is 1. The number of carbonyl (C=O) groups excluding carboxylic acids is 1. The van der Waals surface area contributed by atoms with Crippen LogP contribution in [0.15, 0.2) is 99.6 Å². The lowest BCUT2D eigenvalue weighted by Gasteiger charge is -2.24. The molecule has 9 heteroatoms. The Labute approximate surface area is 325 Å². The van der Waals surface area contributed by atoms with Crippen LogP contribution in [0.2, 0.25) is 0 Å². The first kappa shape index (κ1) is 45.4. The second-order valence-corrected chi connectivity index (χ2v) is 15.0. The molecule has 4 fully saturated rings. The van der Waals surface area contributed by atoms with Crippen molar-refractivity contribution in [2.45, 2.75) is 141 Å². The predicted octanol–water partition coefficient (Wildman–Crippen LogP) is 8.80. The van der Waals surface area contributed by atoms with Crippen molar-refractivity contribution in [3.63, 3.8) is 0 Å². The molecule has 0 radical (unpaired) electrons. The van der Waals surface area contributed by atoms with Crippen molar-refractivity contribution in [2.75, 3.05) is 13.2 Å². The summed E-state index contributed by atoms with van der Waals surface area (Å²) in [7, 11) is 0. The lowest BCUT2D eigenvalue weighted by Crippen LogP contribution is -2.33. The molecule has 10 atom stereocenters. The largest absolute Gasteiger partial charge is 0.371 e. The summed E-state index contributed by atoms with van der Waals surface area (Å²) in [6, 6.07) is 20.4. The van der Waals surface area contributed by atoms with Crippen LogP contribution in [0.1, 0.15) is 78.4 Å². The van der Waals surface area contributed by atoms with E-state index in [0.717, 1.165) is 24.7 Å². The molecule has 4 aliphatic heterocycles. The van der Waals surface area contributed by atoms with Gasteiger partial charge in [-0.2, -0.15) is 0 Å². The molecule has 2 aromatic rings. The maximum absolute atomic E-state index is 11.0. The SMILES string of the molecule is C=C.C=C.C=CC[C@@H]1O[C@H](CC2COC(C)(C)O2)[C@H](OCc2ccccc2)[C@H]1C.C[C@@H]1[C@@H](OCc2ccccc2)[C@@H](CC2COC(C)(C)O2)O[C@H]1CC=O. The molecule has 4 saturated heterocycles. The molecule has 4 heterocycles. The zero-order valence-corrected chi connectivity index (χ0v) is 33.6. The van der Waals surface area contributed by atoms with Crippen molar-refractivity contribution in [2.24, 2.45) is 11.8 Å². The van der Waals surface area contributed by atoms with Gasteiger partial charge in [0.2, 0.25) is 0 Å². The molecule has 54 heavy (non-hydrogen) atoms. The summed E-state index contributed by atoms with van der Waals surface area (Å²) in [5.41, 5.74) is 2.32. The summed E-state index contributed by atoms with van der Waals surface area (Å²) in [6.45, 7) is 30.2. The Morgan fingerprint density at radius 3 is 1.37 bits per heavy atom. The molecule has 6 rings (SSSR count). The molecule has 0 bridgehead atoms. The van der Waals surface area contributed by atoms with Crippen molar-refractivity contribution < 1.29 is 42.7 Å². The maximum atomic E-state index is 11.0. The van der Waals surface area contributed by atoms with Crippen molar-refractivity contribution in [1.82, 2.24) is 0 Å². The van der Waals surface area contributed by atoms with Crippen molar-refractivity contribution in [3.05, 3.63) is 111 Å². The monoisotopic (exact) mass is 750 g/mol. The van der Waals surface area contributed by atoms with E-state index in [1.807, 2.05) is 70.2 Å². The predicted molar refractivity (Wildman–Crippen MR) is 213 cm³/mol.